The molecule has 9 nitrogen and oxygen atoms in total. The fourth-order valence-electron chi connectivity index (χ4n) is 4.94. The lowest BCUT2D eigenvalue weighted by Crippen LogP contribution is -2.44. The van der Waals surface area contributed by atoms with E-state index in [4.69, 9.17) is 33.2 Å². The molecule has 200 valence electrons. The zero-order valence-corrected chi connectivity index (χ0v) is 22.5. The van der Waals surface area contributed by atoms with E-state index < -0.39 is 17.7 Å². The van der Waals surface area contributed by atoms with E-state index in [0.717, 1.165) is 5.56 Å². The smallest absolute Gasteiger partial charge is 0.334 e. The van der Waals surface area contributed by atoms with Crippen molar-refractivity contribution in [3.63, 3.8) is 0 Å². The van der Waals surface area contributed by atoms with Crippen molar-refractivity contribution in [2.75, 3.05) is 35.2 Å². The van der Waals surface area contributed by atoms with Crippen molar-refractivity contribution in [2.24, 2.45) is 5.92 Å². The number of rotatable bonds is 6. The van der Waals surface area contributed by atoms with E-state index in [-0.39, 0.29) is 12.7 Å². The minimum Gasteiger partial charge on any atom is -0.493 e. The van der Waals surface area contributed by atoms with Crippen molar-refractivity contribution in [1.29, 1.82) is 0 Å². The fraction of sp³-hybridized carbons (Fsp3) is 0.464. The van der Waals surface area contributed by atoms with Crippen LogP contribution in [0, 0.1) is 5.92 Å². The number of carbonyl (C=O) groups excluding carboxylic acids is 1. The summed E-state index contributed by atoms with van der Waals surface area (Å²) in [6, 6.07) is 3.60. The van der Waals surface area contributed by atoms with Crippen LogP contribution in [0.3, 0.4) is 0 Å². The quantitative estimate of drug-likeness (QED) is 0.437. The molecule has 9 heteroatoms. The number of hydrogen-bond donors (Lipinski definition) is 1. The van der Waals surface area contributed by atoms with Gasteiger partial charge < -0.3 is 38.3 Å². The van der Waals surface area contributed by atoms with Crippen molar-refractivity contribution in [3.05, 3.63) is 34.9 Å². The van der Waals surface area contributed by atoms with Gasteiger partial charge in [-0.25, -0.2) is 4.79 Å². The van der Waals surface area contributed by atoms with Gasteiger partial charge in [-0.15, -0.1) is 0 Å². The van der Waals surface area contributed by atoms with Gasteiger partial charge >= 0.3 is 5.97 Å². The first-order valence-corrected chi connectivity index (χ1v) is 12.0. The van der Waals surface area contributed by atoms with E-state index in [1.54, 1.807) is 47.1 Å². The lowest BCUT2D eigenvalue weighted by atomic mass is 9.73. The van der Waals surface area contributed by atoms with Crippen LogP contribution in [-0.4, -0.2) is 51.9 Å². The summed E-state index contributed by atoms with van der Waals surface area (Å²) < 4.78 is 40.6. The number of methoxy groups -OCH3 is 4. The molecular formula is C28H34O9. The second kappa shape index (κ2) is 10.0. The van der Waals surface area contributed by atoms with Gasteiger partial charge in [0.1, 0.15) is 5.60 Å². The molecule has 1 aliphatic heterocycles. The minimum absolute atomic E-state index is 0.000553. The first kappa shape index (κ1) is 26.5. The third-order valence-electron chi connectivity index (χ3n) is 7.33. The van der Waals surface area contributed by atoms with Crippen LogP contribution in [0.2, 0.25) is 0 Å². The van der Waals surface area contributed by atoms with E-state index in [1.165, 1.54) is 14.2 Å². The molecule has 0 unspecified atom stereocenters. The Morgan fingerprint density at radius 1 is 1.03 bits per heavy atom. The van der Waals surface area contributed by atoms with Crippen LogP contribution >= 0.6 is 0 Å². The number of carbonyl (C=O) groups is 1. The lowest BCUT2D eigenvalue weighted by Gasteiger charge is -2.41. The molecule has 37 heavy (non-hydrogen) atoms. The molecule has 0 radical (unpaired) electrons. The Labute approximate surface area is 216 Å². The minimum atomic E-state index is -1.48. The molecule has 1 N–H and O–H groups in total. The van der Waals surface area contributed by atoms with Gasteiger partial charge in [0.2, 0.25) is 18.3 Å². The summed E-state index contributed by atoms with van der Waals surface area (Å²) in [6.07, 6.45) is 1.00. The Hall–Kier alpha value is -3.59. The van der Waals surface area contributed by atoms with Crippen LogP contribution in [-0.2, 0) is 16.0 Å². The van der Waals surface area contributed by atoms with Gasteiger partial charge in [0.25, 0.3) is 0 Å². The number of allylic oxidation sites excluding steroid dienone is 1. The van der Waals surface area contributed by atoms with Crippen LogP contribution in [0.5, 0.6) is 34.5 Å². The zero-order chi connectivity index (χ0) is 27.1. The Kier molecular flexibility index (Phi) is 7.19. The third-order valence-corrected chi connectivity index (χ3v) is 7.33. The molecular weight excluding hydrogens is 480 g/mol. The average molecular weight is 515 g/mol. The molecule has 0 fully saturated rings. The lowest BCUT2D eigenvalue weighted by molar-refractivity contribution is -0.166. The number of fused-ring (bicyclic) bond motifs is 4. The molecule has 0 aromatic heterocycles. The van der Waals surface area contributed by atoms with Crippen molar-refractivity contribution in [1.82, 2.24) is 0 Å². The Balaban J connectivity index is 2.16. The summed E-state index contributed by atoms with van der Waals surface area (Å²) in [5.74, 6) is 1.59. The van der Waals surface area contributed by atoms with E-state index >= 15 is 0 Å². The van der Waals surface area contributed by atoms with E-state index in [9.17, 15) is 9.90 Å². The molecule has 0 saturated carbocycles. The maximum atomic E-state index is 13.0. The van der Waals surface area contributed by atoms with Crippen LogP contribution in [0.25, 0.3) is 11.1 Å². The van der Waals surface area contributed by atoms with Gasteiger partial charge in [-0.05, 0) is 50.8 Å². The Morgan fingerprint density at radius 2 is 1.70 bits per heavy atom. The predicted molar refractivity (Wildman–Crippen MR) is 136 cm³/mol. The molecule has 0 spiro atoms. The van der Waals surface area contributed by atoms with Gasteiger partial charge in [0.15, 0.2) is 29.1 Å². The third kappa shape index (κ3) is 4.21. The summed E-state index contributed by atoms with van der Waals surface area (Å²) in [5, 5.41) is 12.0. The van der Waals surface area contributed by atoms with Gasteiger partial charge in [-0.1, -0.05) is 13.0 Å². The fourth-order valence-corrected chi connectivity index (χ4v) is 4.94. The van der Waals surface area contributed by atoms with E-state index in [1.807, 2.05) is 13.0 Å². The molecule has 0 amide bonds. The van der Waals surface area contributed by atoms with Crippen LogP contribution in [0.4, 0.5) is 0 Å². The summed E-state index contributed by atoms with van der Waals surface area (Å²) in [4.78, 5) is 13.0. The topological polar surface area (TPSA) is 102 Å². The molecule has 0 bridgehead atoms. The highest BCUT2D eigenvalue weighted by Crippen LogP contribution is 2.59. The Bertz CT molecular complexity index is 1250. The van der Waals surface area contributed by atoms with Crippen LogP contribution in [0.1, 0.15) is 44.9 Å². The number of benzene rings is 2. The number of aliphatic hydroxyl groups is 1. The maximum absolute atomic E-state index is 13.0. The molecule has 1 heterocycles. The molecule has 2 aromatic rings. The highest BCUT2D eigenvalue weighted by Gasteiger charge is 2.47. The van der Waals surface area contributed by atoms with Gasteiger partial charge in [-0.3, -0.25) is 0 Å². The monoisotopic (exact) mass is 514 g/mol. The van der Waals surface area contributed by atoms with Crippen molar-refractivity contribution in [2.45, 2.75) is 45.8 Å². The molecule has 0 saturated heterocycles. The zero-order valence-electron chi connectivity index (χ0n) is 22.5. The molecule has 2 aromatic carbocycles. The second-order valence-electron chi connectivity index (χ2n) is 9.38. The maximum Gasteiger partial charge on any atom is 0.334 e. The Morgan fingerprint density at radius 3 is 2.30 bits per heavy atom. The molecule has 4 rings (SSSR count). The molecule has 3 atom stereocenters. The van der Waals surface area contributed by atoms with Crippen molar-refractivity contribution >= 4 is 5.97 Å². The second-order valence-corrected chi connectivity index (χ2v) is 9.38. The summed E-state index contributed by atoms with van der Waals surface area (Å²) in [7, 11) is 6.15. The highest BCUT2D eigenvalue weighted by atomic mass is 16.7. The normalized spacial score (nSPS) is 22.2. The summed E-state index contributed by atoms with van der Waals surface area (Å²) in [5.41, 5.74) is 1.47. The van der Waals surface area contributed by atoms with Crippen molar-refractivity contribution < 1.29 is 43.1 Å². The first-order valence-electron chi connectivity index (χ1n) is 12.0. The number of ether oxygens (including phenoxy) is 7. The standard InChI is InChI=1S/C28H34O9/c1-9-14(2)27(29)37-26-17-12-19-23(36-13-35-19)25(34-8)21(17)20-16(10-15(3)28(26,4)30)11-18(31-5)22(32-6)24(20)33-7/h9,11-12,15,26,30H,10,13H2,1-8H3/b14-9-/t15-,26-,28-/m1/s1. The van der Waals surface area contributed by atoms with E-state index in [2.05, 4.69) is 0 Å². The summed E-state index contributed by atoms with van der Waals surface area (Å²) >= 11 is 0. The SMILES string of the molecule is C/C=C(/C)C(=O)O[C@@H]1c2cc3c(c(OC)c2-c2c(cc(OC)c(OC)c2OC)C[C@@H](C)[C@@]1(C)O)OCO3. The van der Waals surface area contributed by atoms with Gasteiger partial charge in [0.05, 0.1) is 28.4 Å². The van der Waals surface area contributed by atoms with Crippen LogP contribution in [0.15, 0.2) is 23.8 Å². The van der Waals surface area contributed by atoms with Gasteiger partial charge in [0, 0.05) is 22.3 Å². The predicted octanol–water partition coefficient (Wildman–Crippen LogP) is 4.61. The largest absolute Gasteiger partial charge is 0.493 e. The first-order chi connectivity index (χ1) is 17.6. The van der Waals surface area contributed by atoms with Crippen molar-refractivity contribution in [3.8, 4) is 45.6 Å². The highest BCUT2D eigenvalue weighted by molar-refractivity contribution is 5.91. The number of esters is 1. The van der Waals surface area contributed by atoms with Gasteiger partial charge in [-0.2, -0.15) is 0 Å². The van der Waals surface area contributed by atoms with E-state index in [0.29, 0.717) is 63.2 Å². The molecule has 2 aliphatic rings. The molecule has 1 aliphatic carbocycles. The number of hydrogen-bond acceptors (Lipinski definition) is 9. The summed E-state index contributed by atoms with van der Waals surface area (Å²) in [6.45, 7) is 7.00. The van der Waals surface area contributed by atoms with Crippen LogP contribution < -0.4 is 28.4 Å². The average Bonchev–Trinajstić information content (AvgIpc) is 3.36.